The van der Waals surface area contributed by atoms with Crippen molar-refractivity contribution in [2.24, 2.45) is 0 Å². The molecule has 0 amide bonds. The minimum absolute atomic E-state index is 0.414. The van der Waals surface area contributed by atoms with Gasteiger partial charge in [-0.3, -0.25) is 0 Å². The van der Waals surface area contributed by atoms with Crippen LogP contribution in [-0.2, 0) is 11.2 Å². The van der Waals surface area contributed by atoms with Crippen LogP contribution in [0, 0.1) is 0 Å². The van der Waals surface area contributed by atoms with Crippen LogP contribution in [0.25, 0.3) is 0 Å². The van der Waals surface area contributed by atoms with Gasteiger partial charge in [0.2, 0.25) is 0 Å². The van der Waals surface area contributed by atoms with Gasteiger partial charge in [0, 0.05) is 0 Å². The Balaban J connectivity index is 2.83. The quantitative estimate of drug-likeness (QED) is 0.353. The molecule has 0 fully saturated rings. The molecule has 72 valence electrons. The molecule has 3 heteroatoms. The predicted molar refractivity (Wildman–Crippen MR) is 56.5 cm³/mol. The van der Waals surface area contributed by atoms with Gasteiger partial charge in [-0.1, -0.05) is 0 Å². The summed E-state index contributed by atoms with van der Waals surface area (Å²) < 4.78 is 5.08. The van der Waals surface area contributed by atoms with Gasteiger partial charge in [0.25, 0.3) is 0 Å². The third-order valence-corrected chi connectivity index (χ3v) is 2.20. The van der Waals surface area contributed by atoms with E-state index in [2.05, 4.69) is 23.4 Å². The van der Waals surface area contributed by atoms with E-state index in [-0.39, 0.29) is 0 Å². The van der Waals surface area contributed by atoms with Crippen molar-refractivity contribution < 1.29 is 9.53 Å². The van der Waals surface area contributed by atoms with E-state index in [9.17, 15) is 4.79 Å². The molecule has 0 aliphatic rings. The van der Waals surface area contributed by atoms with Gasteiger partial charge in [0.05, 0.1) is 0 Å². The molecule has 0 atom stereocenters. The van der Waals surface area contributed by atoms with E-state index in [0.717, 1.165) is 17.2 Å². The second-order valence-corrected chi connectivity index (χ2v) is 3.64. The average molecular weight is 250 g/mol. The average Bonchev–Trinajstić information content (AvgIpc) is 2.21. The number of para-hydroxylation sites is 1. The maximum absolute atomic E-state index is 11.0. The summed E-state index contributed by atoms with van der Waals surface area (Å²) in [5.74, 6) is 0.214. The fraction of sp³-hybridized carbons (Fsp3) is 0.182. The first-order valence-electron chi connectivity index (χ1n) is 4.31. The van der Waals surface area contributed by atoms with Crippen LogP contribution in [0.4, 0.5) is 0 Å². The number of hydrogen-bond donors (Lipinski definition) is 0. The number of hydrogen-bond acceptors (Lipinski definition) is 2. The third-order valence-electron chi connectivity index (χ3n) is 1.73. The number of carbonyl (C=O) groups is 1. The van der Waals surface area contributed by atoms with Crippen LogP contribution in [0.15, 0.2) is 36.9 Å². The number of ether oxygens (including phenoxy) is 1. The van der Waals surface area contributed by atoms with Gasteiger partial charge in [-0.05, 0) is 0 Å². The van der Waals surface area contributed by atoms with Crippen LogP contribution < -0.4 is 4.74 Å². The van der Waals surface area contributed by atoms with E-state index >= 15 is 0 Å². The van der Waals surface area contributed by atoms with Crippen molar-refractivity contribution in [2.45, 2.75) is 11.6 Å². The summed E-state index contributed by atoms with van der Waals surface area (Å²) in [6.45, 7) is 3.35. The molecule has 0 aromatic heterocycles. The summed E-state index contributed by atoms with van der Waals surface area (Å²) in [7, 11) is 0. The first kappa shape index (κ1) is 11.1. The molecule has 1 aromatic rings. The Hall–Kier alpha value is -1.01. The van der Waals surface area contributed by atoms with Crippen molar-refractivity contribution >= 4 is 22.8 Å². The van der Waals surface area contributed by atoms with Gasteiger partial charge in [0.15, 0.2) is 0 Å². The summed E-state index contributed by atoms with van der Waals surface area (Å²) in [6, 6.07) is 7.53. The van der Waals surface area contributed by atoms with E-state index in [4.69, 9.17) is 4.74 Å². The van der Waals surface area contributed by atoms with Gasteiger partial charge >= 0.3 is 92.2 Å². The molecule has 1 aromatic carbocycles. The Kier molecular flexibility index (Phi) is 4.48. The Labute approximate surface area is 92.5 Å². The Morgan fingerprint density at radius 1 is 1.50 bits per heavy atom. The van der Waals surface area contributed by atoms with Crippen LogP contribution >= 0.6 is 0 Å². The molecule has 0 unspecified atom stereocenters. The van der Waals surface area contributed by atoms with Crippen LogP contribution in [0.5, 0.6) is 5.75 Å². The molecule has 0 saturated carbocycles. The number of carbonyl (C=O) groups excluding carboxylic acids is 1. The van der Waals surface area contributed by atoms with E-state index in [1.54, 1.807) is 6.07 Å². The zero-order chi connectivity index (χ0) is 10.4. The Morgan fingerprint density at radius 3 is 2.86 bits per heavy atom. The standard InChI is InChI=1S/C11H11AsO2/c1-2-11(13)14-10-6-4-3-5-9(10)7-8-12/h2-6H,1,7-8H2. The van der Waals surface area contributed by atoms with Crippen molar-refractivity contribution in [3.63, 3.8) is 0 Å². The molecular weight excluding hydrogens is 239 g/mol. The Morgan fingerprint density at radius 2 is 2.21 bits per heavy atom. The van der Waals surface area contributed by atoms with Crippen molar-refractivity contribution in [1.82, 2.24) is 0 Å². The second kappa shape index (κ2) is 5.66. The molecule has 0 spiro atoms. The molecule has 2 nitrogen and oxygen atoms in total. The molecule has 0 aliphatic carbocycles. The molecular formula is C11H11AsO2. The van der Waals surface area contributed by atoms with Crippen molar-refractivity contribution in [1.29, 1.82) is 0 Å². The predicted octanol–water partition coefficient (Wildman–Crippen LogP) is 1.91. The summed E-state index contributed by atoms with van der Waals surface area (Å²) in [6.07, 6.45) is 2.05. The molecule has 0 aliphatic heterocycles. The SMILES string of the molecule is C=CC(=O)Oc1ccccc1CC[As]. The zero-order valence-corrected chi connectivity index (χ0v) is 9.65. The monoisotopic (exact) mass is 250 g/mol. The zero-order valence-electron chi connectivity index (χ0n) is 7.77. The molecule has 14 heavy (non-hydrogen) atoms. The molecule has 0 N–H and O–H groups in total. The van der Waals surface area contributed by atoms with Crippen molar-refractivity contribution in [2.75, 3.05) is 0 Å². The first-order valence-corrected chi connectivity index (χ1v) is 5.63. The van der Waals surface area contributed by atoms with Gasteiger partial charge in [-0.25, -0.2) is 0 Å². The Bertz CT molecular complexity index is 334. The van der Waals surface area contributed by atoms with Crippen molar-refractivity contribution in [3.05, 3.63) is 42.5 Å². The van der Waals surface area contributed by atoms with Crippen LogP contribution in [0.1, 0.15) is 5.56 Å². The van der Waals surface area contributed by atoms with E-state index in [1.807, 2.05) is 18.2 Å². The minimum atomic E-state index is -0.414. The normalized spacial score (nSPS) is 9.50. The van der Waals surface area contributed by atoms with Crippen molar-refractivity contribution in [3.8, 4) is 5.75 Å². The van der Waals surface area contributed by atoms with Crippen LogP contribution in [0.3, 0.4) is 0 Å². The van der Waals surface area contributed by atoms with E-state index in [1.165, 1.54) is 6.08 Å². The maximum atomic E-state index is 11.0. The van der Waals surface area contributed by atoms with Gasteiger partial charge in [-0.2, -0.15) is 0 Å². The molecule has 0 bridgehead atoms. The first-order chi connectivity index (χ1) is 6.77. The molecule has 1 rings (SSSR count). The van der Waals surface area contributed by atoms with Crippen LogP contribution in [-0.4, -0.2) is 22.8 Å². The summed E-state index contributed by atoms with van der Waals surface area (Å²) >= 11 is 2.51. The fourth-order valence-electron chi connectivity index (χ4n) is 1.08. The summed E-state index contributed by atoms with van der Waals surface area (Å²) in [4.78, 5) is 11.0. The summed E-state index contributed by atoms with van der Waals surface area (Å²) in [5, 5.41) is 0.968. The van der Waals surface area contributed by atoms with Gasteiger partial charge < -0.3 is 0 Å². The number of benzene rings is 1. The van der Waals surface area contributed by atoms with Gasteiger partial charge in [-0.15, -0.1) is 0 Å². The van der Waals surface area contributed by atoms with E-state index in [0.29, 0.717) is 5.75 Å². The number of esters is 1. The molecule has 2 radical (unpaired) electrons. The van der Waals surface area contributed by atoms with E-state index < -0.39 is 5.97 Å². The fourth-order valence-corrected chi connectivity index (χ4v) is 1.59. The number of rotatable bonds is 4. The third kappa shape index (κ3) is 3.04. The summed E-state index contributed by atoms with van der Waals surface area (Å²) in [5.41, 5.74) is 1.04. The number of aryl methyl sites for hydroxylation is 1. The topological polar surface area (TPSA) is 26.3 Å². The molecule has 0 saturated heterocycles. The van der Waals surface area contributed by atoms with Crippen LogP contribution in [0.2, 0.25) is 5.21 Å². The second-order valence-electron chi connectivity index (χ2n) is 2.71. The van der Waals surface area contributed by atoms with Gasteiger partial charge in [0.1, 0.15) is 0 Å². The molecule has 0 heterocycles.